The number of phenols is 1. The Morgan fingerprint density at radius 2 is 1.71 bits per heavy atom. The number of phenolic OH excluding ortho intramolecular Hbond substituents is 1. The van der Waals surface area contributed by atoms with E-state index in [0.29, 0.717) is 20.6 Å². The number of amides is 1. The monoisotopic (exact) mass is 548 g/mol. The van der Waals surface area contributed by atoms with E-state index in [0.717, 1.165) is 15.6 Å². The minimum atomic E-state index is -0.533. The third-order valence-electron chi connectivity index (χ3n) is 4.38. The van der Waals surface area contributed by atoms with Crippen molar-refractivity contribution in [3.8, 4) is 17.2 Å². The number of halogens is 2. The Labute approximate surface area is 183 Å². The van der Waals surface area contributed by atoms with Gasteiger partial charge in [0.2, 0.25) is 0 Å². The van der Waals surface area contributed by atoms with Gasteiger partial charge in [0.1, 0.15) is 17.2 Å². The van der Waals surface area contributed by atoms with E-state index in [1.54, 1.807) is 12.1 Å². The van der Waals surface area contributed by atoms with E-state index >= 15 is 0 Å². The fourth-order valence-corrected chi connectivity index (χ4v) is 4.66. The standard InChI is InChI=1S/C21H14BrIN2O3/c22-13-9-12(20(26)16(23)10-13)11-24-25-21(27)19-14-5-1-3-7-17(14)28-18-8-4-2-6-15(18)19/h1-11,19,26H,(H,25,27)/b24-11+. The number of hydrazone groups is 1. The van der Waals surface area contributed by atoms with Crippen molar-refractivity contribution in [3.63, 3.8) is 0 Å². The zero-order valence-corrected chi connectivity index (χ0v) is 18.1. The number of hydrogen-bond donors (Lipinski definition) is 2. The summed E-state index contributed by atoms with van der Waals surface area (Å²) in [6, 6.07) is 18.5. The molecule has 28 heavy (non-hydrogen) atoms. The van der Waals surface area contributed by atoms with Crippen LogP contribution in [0.4, 0.5) is 0 Å². The fourth-order valence-electron chi connectivity index (χ4n) is 3.11. The summed E-state index contributed by atoms with van der Waals surface area (Å²) in [6.45, 7) is 0. The van der Waals surface area contributed by atoms with Crippen LogP contribution in [-0.2, 0) is 4.79 Å². The molecule has 3 aromatic rings. The number of benzene rings is 3. The molecule has 1 amide bonds. The lowest BCUT2D eigenvalue weighted by Gasteiger charge is -2.26. The van der Waals surface area contributed by atoms with Gasteiger partial charge >= 0.3 is 0 Å². The van der Waals surface area contributed by atoms with Crippen molar-refractivity contribution in [2.45, 2.75) is 5.92 Å². The number of rotatable bonds is 3. The van der Waals surface area contributed by atoms with Crippen LogP contribution in [0.2, 0.25) is 0 Å². The predicted molar refractivity (Wildman–Crippen MR) is 119 cm³/mol. The molecular weight excluding hydrogens is 535 g/mol. The Hall–Kier alpha value is -2.39. The van der Waals surface area contributed by atoms with Crippen molar-refractivity contribution in [3.05, 3.63) is 85.4 Å². The average molecular weight is 549 g/mol. The molecule has 1 aliphatic rings. The van der Waals surface area contributed by atoms with Crippen molar-refractivity contribution >= 4 is 50.6 Å². The van der Waals surface area contributed by atoms with E-state index in [1.807, 2.05) is 71.1 Å². The van der Waals surface area contributed by atoms with Crippen molar-refractivity contribution in [2.75, 3.05) is 0 Å². The number of fused-ring (bicyclic) bond motifs is 2. The molecule has 5 nitrogen and oxygen atoms in total. The van der Waals surface area contributed by atoms with E-state index < -0.39 is 5.92 Å². The summed E-state index contributed by atoms with van der Waals surface area (Å²) in [5, 5.41) is 14.2. The summed E-state index contributed by atoms with van der Waals surface area (Å²) in [6.07, 6.45) is 1.43. The SMILES string of the molecule is O=C(N/N=C/c1cc(Br)cc(I)c1O)C1c2ccccc2Oc2ccccc21. The van der Waals surface area contributed by atoms with Gasteiger partial charge in [-0.2, -0.15) is 5.10 Å². The fraction of sp³-hybridized carbons (Fsp3) is 0.0476. The van der Waals surface area contributed by atoms with E-state index in [-0.39, 0.29) is 11.7 Å². The summed E-state index contributed by atoms with van der Waals surface area (Å²) in [5.74, 6) is 0.621. The van der Waals surface area contributed by atoms with Crippen molar-refractivity contribution in [1.82, 2.24) is 5.43 Å². The quantitative estimate of drug-likeness (QED) is 0.270. The Morgan fingerprint density at radius 3 is 2.36 bits per heavy atom. The highest BCUT2D eigenvalue weighted by atomic mass is 127. The molecule has 0 atom stereocenters. The summed E-state index contributed by atoms with van der Waals surface area (Å²) >= 11 is 5.42. The normalized spacial score (nSPS) is 12.9. The third-order valence-corrected chi connectivity index (χ3v) is 5.66. The number of nitrogens with zero attached hydrogens (tertiary/aromatic N) is 1. The first-order valence-electron chi connectivity index (χ1n) is 8.41. The lowest BCUT2D eigenvalue weighted by molar-refractivity contribution is -0.121. The van der Waals surface area contributed by atoms with Gasteiger partial charge in [0.25, 0.3) is 5.91 Å². The van der Waals surface area contributed by atoms with Crippen LogP contribution in [0, 0.1) is 3.57 Å². The van der Waals surface area contributed by atoms with Crippen LogP contribution in [-0.4, -0.2) is 17.2 Å². The van der Waals surface area contributed by atoms with E-state index in [4.69, 9.17) is 4.74 Å². The van der Waals surface area contributed by atoms with Crippen LogP contribution in [0.3, 0.4) is 0 Å². The molecule has 140 valence electrons. The largest absolute Gasteiger partial charge is 0.506 e. The number of hydrogen-bond acceptors (Lipinski definition) is 4. The predicted octanol–water partition coefficient (Wildman–Crippen LogP) is 5.15. The topological polar surface area (TPSA) is 70.9 Å². The number of aromatic hydroxyl groups is 1. The Morgan fingerprint density at radius 1 is 1.11 bits per heavy atom. The number of carbonyl (C=O) groups is 1. The first kappa shape index (κ1) is 18.9. The maximum absolute atomic E-state index is 13.0. The summed E-state index contributed by atoms with van der Waals surface area (Å²) in [5.41, 5.74) is 4.67. The summed E-state index contributed by atoms with van der Waals surface area (Å²) in [7, 11) is 0. The van der Waals surface area contributed by atoms with Gasteiger partial charge in [-0.05, 0) is 46.9 Å². The molecule has 0 aromatic heterocycles. The second-order valence-electron chi connectivity index (χ2n) is 6.17. The van der Waals surface area contributed by atoms with E-state index in [1.165, 1.54) is 6.21 Å². The molecule has 7 heteroatoms. The number of ether oxygens (including phenoxy) is 1. The van der Waals surface area contributed by atoms with Crippen molar-refractivity contribution in [1.29, 1.82) is 0 Å². The van der Waals surface area contributed by atoms with Crippen LogP contribution < -0.4 is 10.2 Å². The van der Waals surface area contributed by atoms with Gasteiger partial charge in [0.05, 0.1) is 15.7 Å². The van der Waals surface area contributed by atoms with Crippen LogP contribution in [0.15, 0.2) is 70.2 Å². The molecule has 0 bridgehead atoms. The van der Waals surface area contributed by atoms with Gasteiger partial charge in [0, 0.05) is 21.2 Å². The molecule has 4 rings (SSSR count). The molecule has 2 N–H and O–H groups in total. The molecule has 0 spiro atoms. The van der Waals surface area contributed by atoms with Crippen LogP contribution >= 0.6 is 38.5 Å². The minimum Gasteiger partial charge on any atom is -0.506 e. The van der Waals surface area contributed by atoms with Gasteiger partial charge in [0.15, 0.2) is 0 Å². The third kappa shape index (κ3) is 3.64. The average Bonchev–Trinajstić information content (AvgIpc) is 2.69. The molecule has 0 unspecified atom stereocenters. The zero-order chi connectivity index (χ0) is 19.7. The number of para-hydroxylation sites is 2. The van der Waals surface area contributed by atoms with Crippen molar-refractivity contribution < 1.29 is 14.6 Å². The highest BCUT2D eigenvalue weighted by molar-refractivity contribution is 14.1. The van der Waals surface area contributed by atoms with Gasteiger partial charge in [-0.15, -0.1) is 0 Å². The van der Waals surface area contributed by atoms with E-state index in [9.17, 15) is 9.90 Å². The molecule has 0 radical (unpaired) electrons. The highest BCUT2D eigenvalue weighted by Crippen LogP contribution is 2.43. The minimum absolute atomic E-state index is 0.114. The molecule has 1 heterocycles. The lowest BCUT2D eigenvalue weighted by Crippen LogP contribution is -2.28. The molecule has 3 aromatic carbocycles. The highest BCUT2D eigenvalue weighted by Gasteiger charge is 2.32. The van der Waals surface area contributed by atoms with Gasteiger partial charge in [-0.1, -0.05) is 52.3 Å². The summed E-state index contributed by atoms with van der Waals surface area (Å²) < 4.78 is 7.42. The second kappa shape index (κ2) is 7.92. The van der Waals surface area contributed by atoms with Crippen LogP contribution in [0.5, 0.6) is 17.2 Å². The van der Waals surface area contributed by atoms with Gasteiger partial charge < -0.3 is 9.84 Å². The number of carbonyl (C=O) groups excluding carboxylic acids is 1. The Bertz CT molecular complexity index is 1060. The molecule has 0 aliphatic carbocycles. The molecule has 1 aliphatic heterocycles. The van der Waals surface area contributed by atoms with Crippen LogP contribution in [0.25, 0.3) is 0 Å². The summed E-state index contributed by atoms with van der Waals surface area (Å²) in [4.78, 5) is 13.0. The first-order valence-corrected chi connectivity index (χ1v) is 10.3. The smallest absolute Gasteiger partial charge is 0.252 e. The second-order valence-corrected chi connectivity index (χ2v) is 8.25. The maximum atomic E-state index is 13.0. The maximum Gasteiger partial charge on any atom is 0.252 e. The molecule has 0 saturated heterocycles. The number of nitrogens with one attached hydrogen (secondary N) is 1. The van der Waals surface area contributed by atoms with Gasteiger partial charge in [-0.25, -0.2) is 5.43 Å². The first-order chi connectivity index (χ1) is 13.5. The zero-order valence-electron chi connectivity index (χ0n) is 14.4. The van der Waals surface area contributed by atoms with Crippen molar-refractivity contribution in [2.24, 2.45) is 5.10 Å². The molecule has 0 fully saturated rings. The van der Waals surface area contributed by atoms with E-state index in [2.05, 4.69) is 26.5 Å². The molecular formula is C21H14BrIN2O3. The Balaban J connectivity index is 1.62. The lowest BCUT2D eigenvalue weighted by atomic mass is 9.87. The Kier molecular flexibility index (Phi) is 5.36. The van der Waals surface area contributed by atoms with Crippen LogP contribution in [0.1, 0.15) is 22.6 Å². The van der Waals surface area contributed by atoms with Gasteiger partial charge in [-0.3, -0.25) is 4.79 Å². The molecule has 0 saturated carbocycles.